The van der Waals surface area contributed by atoms with Gasteiger partial charge in [0.25, 0.3) is 6.33 Å². The van der Waals surface area contributed by atoms with Gasteiger partial charge in [0.1, 0.15) is 5.52 Å². The summed E-state index contributed by atoms with van der Waals surface area (Å²) in [5, 5.41) is 5.17. The molecule has 1 heterocycles. The fraction of sp³-hybridized carbons (Fsp3) is 0.0667. The van der Waals surface area contributed by atoms with Crippen LogP contribution in [0.3, 0.4) is 0 Å². The van der Waals surface area contributed by atoms with Crippen LogP contribution in [0.1, 0.15) is 0 Å². The van der Waals surface area contributed by atoms with Crippen LogP contribution >= 0.6 is 0 Å². The highest BCUT2D eigenvalue weighted by atomic mass is 15.0. The summed E-state index contributed by atoms with van der Waals surface area (Å²) >= 11 is 0. The summed E-state index contributed by atoms with van der Waals surface area (Å²) in [6, 6.07) is 15.0. The highest BCUT2D eigenvalue weighted by Gasteiger charge is 2.14. The zero-order chi connectivity index (χ0) is 11.4. The Labute approximate surface area is 98.5 Å². The number of hydrogen-bond donors (Lipinski definition) is 0. The second kappa shape index (κ2) is 2.92. The lowest BCUT2D eigenvalue weighted by molar-refractivity contribution is -0.647. The molecule has 0 atom stereocenters. The second-order valence-corrected chi connectivity index (χ2v) is 4.48. The van der Waals surface area contributed by atoms with Gasteiger partial charge in [-0.05, 0) is 34.0 Å². The lowest BCUT2D eigenvalue weighted by Crippen LogP contribution is -2.29. The number of aromatic nitrogens is 2. The van der Waals surface area contributed by atoms with E-state index in [1.165, 1.54) is 27.1 Å². The molecular weight excluding hydrogens is 208 g/mol. The number of rotatable bonds is 0. The molecule has 80 valence electrons. The highest BCUT2D eigenvalue weighted by Crippen LogP contribution is 2.31. The van der Waals surface area contributed by atoms with Gasteiger partial charge in [-0.25, -0.2) is 4.57 Å². The van der Waals surface area contributed by atoms with Crippen LogP contribution in [0.25, 0.3) is 32.6 Å². The van der Waals surface area contributed by atoms with Gasteiger partial charge in [0.2, 0.25) is 0 Å². The first-order valence-electron chi connectivity index (χ1n) is 5.73. The van der Waals surface area contributed by atoms with Gasteiger partial charge >= 0.3 is 0 Å². The van der Waals surface area contributed by atoms with Crippen molar-refractivity contribution in [2.45, 2.75) is 0 Å². The van der Waals surface area contributed by atoms with Crippen molar-refractivity contribution in [3.05, 3.63) is 48.8 Å². The van der Waals surface area contributed by atoms with Crippen molar-refractivity contribution >= 4 is 32.6 Å². The first-order chi connectivity index (χ1) is 8.34. The number of nitrogens with zero attached hydrogens (tertiary/aromatic N) is 2. The number of hydrogen-bond acceptors (Lipinski definition) is 1. The molecule has 0 aliphatic carbocycles. The van der Waals surface area contributed by atoms with E-state index in [0.29, 0.717) is 0 Å². The van der Waals surface area contributed by atoms with Gasteiger partial charge in [0, 0.05) is 5.39 Å². The van der Waals surface area contributed by atoms with E-state index in [-0.39, 0.29) is 0 Å². The molecule has 0 amide bonds. The van der Waals surface area contributed by atoms with Crippen LogP contribution in [0.15, 0.2) is 48.8 Å². The normalized spacial score (nSPS) is 11.8. The van der Waals surface area contributed by atoms with Gasteiger partial charge in [-0.2, -0.15) is 0 Å². The predicted molar refractivity (Wildman–Crippen MR) is 69.1 cm³/mol. The fourth-order valence-corrected chi connectivity index (χ4v) is 2.66. The molecule has 0 spiro atoms. The molecule has 1 aromatic heterocycles. The molecule has 0 saturated carbocycles. The molecule has 0 unspecified atom stereocenters. The smallest absolute Gasteiger partial charge is 0.232 e. The Kier molecular flexibility index (Phi) is 1.52. The minimum atomic E-state index is 1.07. The van der Waals surface area contributed by atoms with E-state index in [0.717, 1.165) is 5.52 Å². The number of aryl methyl sites for hydroxylation is 1. The van der Waals surface area contributed by atoms with E-state index in [4.69, 9.17) is 0 Å². The minimum Gasteiger partial charge on any atom is -0.232 e. The molecule has 0 N–H and O–H groups in total. The summed E-state index contributed by atoms with van der Waals surface area (Å²) in [6.45, 7) is 0. The van der Waals surface area contributed by atoms with Crippen molar-refractivity contribution in [2.75, 3.05) is 0 Å². The van der Waals surface area contributed by atoms with E-state index in [1.807, 2.05) is 13.4 Å². The van der Waals surface area contributed by atoms with Gasteiger partial charge < -0.3 is 0 Å². The summed E-state index contributed by atoms with van der Waals surface area (Å²) in [4.78, 5) is 4.50. The van der Waals surface area contributed by atoms with E-state index in [2.05, 4.69) is 52.0 Å². The Morgan fingerprint density at radius 2 is 1.65 bits per heavy atom. The molecule has 2 heteroatoms. The number of benzene rings is 3. The molecule has 0 saturated heterocycles. The maximum absolute atomic E-state index is 4.50. The summed E-state index contributed by atoms with van der Waals surface area (Å²) in [5.74, 6) is 0. The maximum atomic E-state index is 4.50. The zero-order valence-corrected chi connectivity index (χ0v) is 9.51. The highest BCUT2D eigenvalue weighted by molar-refractivity contribution is 6.20. The van der Waals surface area contributed by atoms with Gasteiger partial charge in [0.05, 0.1) is 12.4 Å². The Bertz CT molecular complexity index is 833. The largest absolute Gasteiger partial charge is 0.287 e. The summed E-state index contributed by atoms with van der Waals surface area (Å²) in [6.07, 6.45) is 1.88. The van der Waals surface area contributed by atoms with E-state index < -0.39 is 0 Å². The maximum Gasteiger partial charge on any atom is 0.287 e. The lowest BCUT2D eigenvalue weighted by atomic mass is 9.99. The van der Waals surface area contributed by atoms with Crippen molar-refractivity contribution in [2.24, 2.45) is 7.05 Å². The molecule has 17 heavy (non-hydrogen) atoms. The molecule has 0 radical (unpaired) electrons. The molecule has 0 aliphatic rings. The van der Waals surface area contributed by atoms with Crippen LogP contribution < -0.4 is 4.57 Å². The van der Waals surface area contributed by atoms with Crippen molar-refractivity contribution in [1.29, 1.82) is 0 Å². The van der Waals surface area contributed by atoms with Crippen molar-refractivity contribution in [3.8, 4) is 0 Å². The zero-order valence-electron chi connectivity index (χ0n) is 9.51. The van der Waals surface area contributed by atoms with Gasteiger partial charge in [-0.3, -0.25) is 0 Å². The lowest BCUT2D eigenvalue weighted by Gasteiger charge is -2.07. The predicted octanol–water partition coefficient (Wildman–Crippen LogP) is 2.80. The fourth-order valence-electron chi connectivity index (χ4n) is 2.66. The Morgan fingerprint density at radius 3 is 2.47 bits per heavy atom. The summed E-state index contributed by atoms with van der Waals surface area (Å²) in [7, 11) is 2.04. The Hall–Kier alpha value is -2.22. The first-order valence-corrected chi connectivity index (χ1v) is 5.73. The standard InChI is InChI=1S/C15H11N2/c1-17-9-16-12-7-5-10-3-2-4-11-6-8-13(17)15(12)14(10)11/h2-9H,1H3/q+1. The second-order valence-electron chi connectivity index (χ2n) is 4.48. The topological polar surface area (TPSA) is 16.8 Å². The van der Waals surface area contributed by atoms with Crippen LogP contribution in [-0.2, 0) is 7.05 Å². The van der Waals surface area contributed by atoms with Gasteiger partial charge in [0.15, 0.2) is 5.52 Å². The molecule has 2 nitrogen and oxygen atoms in total. The van der Waals surface area contributed by atoms with Crippen molar-refractivity contribution < 1.29 is 4.57 Å². The first kappa shape index (κ1) is 8.88. The summed E-state index contributed by atoms with van der Waals surface area (Å²) < 4.78 is 2.08. The Balaban J connectivity index is 2.48. The monoisotopic (exact) mass is 219 g/mol. The van der Waals surface area contributed by atoms with Crippen LogP contribution in [0.5, 0.6) is 0 Å². The summed E-state index contributed by atoms with van der Waals surface area (Å²) in [5.41, 5.74) is 2.31. The van der Waals surface area contributed by atoms with Crippen molar-refractivity contribution in [1.82, 2.24) is 4.98 Å². The minimum absolute atomic E-state index is 1.07. The Morgan fingerprint density at radius 1 is 0.882 bits per heavy atom. The average molecular weight is 219 g/mol. The SMILES string of the molecule is C[n+]1cnc2ccc3cccc4ccc1c2c34. The third-order valence-corrected chi connectivity index (χ3v) is 3.48. The average Bonchev–Trinajstić information content (AvgIpc) is 2.38. The van der Waals surface area contributed by atoms with E-state index >= 15 is 0 Å². The molecule has 0 aliphatic heterocycles. The van der Waals surface area contributed by atoms with Crippen LogP contribution in [0.2, 0.25) is 0 Å². The molecule has 0 bridgehead atoms. The third-order valence-electron chi connectivity index (χ3n) is 3.48. The van der Waals surface area contributed by atoms with E-state index in [1.54, 1.807) is 0 Å². The third kappa shape index (κ3) is 1.04. The van der Waals surface area contributed by atoms with Crippen LogP contribution in [0, 0.1) is 0 Å². The van der Waals surface area contributed by atoms with Crippen LogP contribution in [0.4, 0.5) is 0 Å². The van der Waals surface area contributed by atoms with Crippen LogP contribution in [-0.4, -0.2) is 4.98 Å². The molecule has 3 aromatic carbocycles. The quantitative estimate of drug-likeness (QED) is 0.328. The van der Waals surface area contributed by atoms with Crippen molar-refractivity contribution in [3.63, 3.8) is 0 Å². The van der Waals surface area contributed by atoms with E-state index in [9.17, 15) is 0 Å². The molecular formula is C15H11N2+. The molecule has 4 rings (SSSR count). The van der Waals surface area contributed by atoms with Gasteiger partial charge in [-0.15, -0.1) is 0 Å². The molecule has 0 fully saturated rings. The van der Waals surface area contributed by atoms with Gasteiger partial charge in [-0.1, -0.05) is 24.3 Å². The molecule has 4 aromatic rings.